The third-order valence-electron chi connectivity index (χ3n) is 6.60. The van der Waals surface area contributed by atoms with E-state index in [1.54, 1.807) is 42.5 Å². The Morgan fingerprint density at radius 2 is 1.73 bits per heavy atom. The van der Waals surface area contributed by atoms with E-state index in [0.717, 1.165) is 36.6 Å². The maximum atomic E-state index is 13.8. The summed E-state index contributed by atoms with van der Waals surface area (Å²) < 4.78 is 5.35. The number of benzene rings is 2. The molecule has 0 radical (unpaired) electrons. The second-order valence-electron chi connectivity index (χ2n) is 9.13. The van der Waals surface area contributed by atoms with Gasteiger partial charge in [0, 0.05) is 11.4 Å². The summed E-state index contributed by atoms with van der Waals surface area (Å²) in [6, 6.07) is 20.5. The van der Waals surface area contributed by atoms with E-state index in [4.69, 9.17) is 4.42 Å². The van der Waals surface area contributed by atoms with Crippen LogP contribution in [0, 0.1) is 0 Å². The van der Waals surface area contributed by atoms with Crippen LogP contribution in [-0.4, -0.2) is 28.7 Å². The maximum absolute atomic E-state index is 13.8. The van der Waals surface area contributed by atoms with Crippen molar-refractivity contribution < 1.29 is 18.8 Å². The molecule has 2 aromatic carbocycles. The number of aromatic nitrogens is 1. The van der Waals surface area contributed by atoms with Crippen LogP contribution in [-0.2, 0) is 20.9 Å². The molecule has 1 atom stereocenters. The third kappa shape index (κ3) is 5.53. The smallest absolute Gasteiger partial charge is 0.317 e. The van der Waals surface area contributed by atoms with E-state index < -0.39 is 23.8 Å². The highest BCUT2D eigenvalue weighted by molar-refractivity contribution is 6.41. The number of pyridine rings is 1. The van der Waals surface area contributed by atoms with Crippen molar-refractivity contribution in [3.63, 3.8) is 0 Å². The van der Waals surface area contributed by atoms with Gasteiger partial charge in [-0.2, -0.15) is 0 Å². The zero-order chi connectivity index (χ0) is 25.6. The molecule has 1 saturated carbocycles. The summed E-state index contributed by atoms with van der Waals surface area (Å²) in [7, 11) is 0. The number of furan rings is 1. The summed E-state index contributed by atoms with van der Waals surface area (Å²) in [6.07, 6.45) is 6.75. The number of para-hydroxylation sites is 1. The molecular weight excluding hydrogens is 468 g/mol. The summed E-state index contributed by atoms with van der Waals surface area (Å²) in [6.45, 7) is 0.140. The molecule has 37 heavy (non-hydrogen) atoms. The molecule has 0 spiro atoms. The van der Waals surface area contributed by atoms with E-state index in [2.05, 4.69) is 15.6 Å². The Bertz CT molecular complexity index is 1380. The lowest BCUT2D eigenvalue weighted by Crippen LogP contribution is -2.50. The van der Waals surface area contributed by atoms with Crippen LogP contribution in [0.15, 0.2) is 89.7 Å². The molecule has 2 aromatic heterocycles. The fourth-order valence-electron chi connectivity index (χ4n) is 4.74. The van der Waals surface area contributed by atoms with Gasteiger partial charge in [0.05, 0.1) is 30.2 Å². The minimum absolute atomic E-state index is 0.0454. The fraction of sp³-hybridized carbons (Fsp3) is 0.241. The Balaban J connectivity index is 1.55. The molecule has 2 heterocycles. The Morgan fingerprint density at radius 3 is 2.49 bits per heavy atom. The molecule has 5 rings (SSSR count). The molecule has 1 fully saturated rings. The summed E-state index contributed by atoms with van der Waals surface area (Å²) in [5.41, 5.74) is 1.66. The number of anilines is 1. The predicted octanol–water partition coefficient (Wildman–Crippen LogP) is 4.28. The van der Waals surface area contributed by atoms with Gasteiger partial charge in [-0.1, -0.05) is 61.4 Å². The van der Waals surface area contributed by atoms with Crippen LogP contribution in [0.25, 0.3) is 10.9 Å². The number of nitrogens with one attached hydrogen (secondary N) is 2. The molecule has 0 saturated heterocycles. The van der Waals surface area contributed by atoms with Gasteiger partial charge in [0.1, 0.15) is 11.8 Å². The van der Waals surface area contributed by atoms with Crippen molar-refractivity contribution >= 4 is 34.3 Å². The highest BCUT2D eigenvalue weighted by atomic mass is 16.3. The fourth-order valence-corrected chi connectivity index (χ4v) is 4.74. The standard InChI is InChI=1S/C29H28N4O4/c34-27(31-19-24-14-8-16-37-24)26(20-9-2-1-3-10-20)33(29(36)28(35)32-22-12-5-6-13-22)23-17-21-11-4-7-15-25(21)30-18-23/h1-4,7-11,14-18,22,26H,5-6,12-13,19H2,(H,31,34)(H,32,35)/t26-/m0/s1. The summed E-state index contributed by atoms with van der Waals surface area (Å²) in [5, 5.41) is 6.52. The molecule has 0 unspecified atom stereocenters. The maximum Gasteiger partial charge on any atom is 0.317 e. The second-order valence-corrected chi connectivity index (χ2v) is 9.13. The zero-order valence-electron chi connectivity index (χ0n) is 20.3. The Morgan fingerprint density at radius 1 is 0.973 bits per heavy atom. The Labute approximate surface area is 214 Å². The first-order valence-electron chi connectivity index (χ1n) is 12.4. The number of rotatable bonds is 7. The molecule has 1 aliphatic carbocycles. The number of carbonyl (C=O) groups is 3. The molecule has 0 aliphatic heterocycles. The minimum atomic E-state index is -1.11. The van der Waals surface area contributed by atoms with Gasteiger partial charge in [-0.15, -0.1) is 0 Å². The molecule has 3 amide bonds. The van der Waals surface area contributed by atoms with E-state index in [9.17, 15) is 14.4 Å². The van der Waals surface area contributed by atoms with Crippen LogP contribution in [0.3, 0.4) is 0 Å². The van der Waals surface area contributed by atoms with Crippen molar-refractivity contribution in [2.24, 2.45) is 0 Å². The van der Waals surface area contributed by atoms with E-state index in [-0.39, 0.29) is 12.6 Å². The van der Waals surface area contributed by atoms with Crippen LogP contribution in [0.1, 0.15) is 43.0 Å². The van der Waals surface area contributed by atoms with Gasteiger partial charge in [0.15, 0.2) is 0 Å². The van der Waals surface area contributed by atoms with Crippen LogP contribution in [0.2, 0.25) is 0 Å². The van der Waals surface area contributed by atoms with E-state index in [1.807, 2.05) is 30.3 Å². The molecule has 4 aromatic rings. The molecule has 8 nitrogen and oxygen atoms in total. The number of nitrogens with zero attached hydrogens (tertiary/aromatic N) is 2. The number of hydrogen-bond acceptors (Lipinski definition) is 5. The highest BCUT2D eigenvalue weighted by Crippen LogP contribution is 2.30. The van der Waals surface area contributed by atoms with E-state index >= 15 is 0 Å². The van der Waals surface area contributed by atoms with Crippen molar-refractivity contribution in [2.75, 3.05) is 4.90 Å². The van der Waals surface area contributed by atoms with Gasteiger partial charge in [0.25, 0.3) is 0 Å². The van der Waals surface area contributed by atoms with Crippen LogP contribution < -0.4 is 15.5 Å². The summed E-state index contributed by atoms with van der Waals surface area (Å²) in [4.78, 5) is 46.5. The van der Waals surface area contributed by atoms with Gasteiger partial charge < -0.3 is 15.1 Å². The second kappa shape index (κ2) is 11.1. The lowest BCUT2D eigenvalue weighted by atomic mass is 10.0. The number of fused-ring (bicyclic) bond motifs is 1. The van der Waals surface area contributed by atoms with Gasteiger partial charge in [-0.3, -0.25) is 24.3 Å². The summed E-state index contributed by atoms with van der Waals surface area (Å²) >= 11 is 0. The van der Waals surface area contributed by atoms with Crippen molar-refractivity contribution in [2.45, 2.75) is 44.3 Å². The van der Waals surface area contributed by atoms with Gasteiger partial charge in [-0.25, -0.2) is 0 Å². The van der Waals surface area contributed by atoms with Crippen molar-refractivity contribution in [3.05, 3.63) is 96.6 Å². The van der Waals surface area contributed by atoms with Crippen LogP contribution >= 0.6 is 0 Å². The van der Waals surface area contributed by atoms with E-state index in [0.29, 0.717) is 17.0 Å². The van der Waals surface area contributed by atoms with Crippen molar-refractivity contribution in [1.82, 2.24) is 15.6 Å². The molecule has 2 N–H and O–H groups in total. The zero-order valence-corrected chi connectivity index (χ0v) is 20.3. The largest absolute Gasteiger partial charge is 0.467 e. The predicted molar refractivity (Wildman–Crippen MR) is 139 cm³/mol. The normalized spacial score (nSPS) is 14.3. The Kier molecular flexibility index (Phi) is 7.26. The topological polar surface area (TPSA) is 105 Å². The molecule has 0 bridgehead atoms. The number of amides is 3. The first-order valence-corrected chi connectivity index (χ1v) is 12.4. The van der Waals surface area contributed by atoms with Crippen LogP contribution in [0.5, 0.6) is 0 Å². The average molecular weight is 497 g/mol. The first kappa shape index (κ1) is 24.2. The minimum Gasteiger partial charge on any atom is -0.467 e. The molecular formula is C29H28N4O4. The molecule has 188 valence electrons. The van der Waals surface area contributed by atoms with E-state index in [1.165, 1.54) is 17.4 Å². The first-order chi connectivity index (χ1) is 18.1. The Hall–Kier alpha value is -4.46. The number of hydrogen-bond donors (Lipinski definition) is 2. The van der Waals surface area contributed by atoms with Crippen molar-refractivity contribution in [1.29, 1.82) is 0 Å². The monoisotopic (exact) mass is 496 g/mol. The van der Waals surface area contributed by atoms with Gasteiger partial charge in [0.2, 0.25) is 5.91 Å². The van der Waals surface area contributed by atoms with Gasteiger partial charge in [-0.05, 0) is 42.7 Å². The molecule has 1 aliphatic rings. The number of carbonyl (C=O) groups excluding carboxylic acids is 3. The molecule has 8 heteroatoms. The summed E-state index contributed by atoms with van der Waals surface area (Å²) in [5.74, 6) is -1.42. The van der Waals surface area contributed by atoms with Crippen LogP contribution in [0.4, 0.5) is 5.69 Å². The van der Waals surface area contributed by atoms with Crippen molar-refractivity contribution in [3.8, 4) is 0 Å². The SMILES string of the molecule is O=C(NC1CCCC1)C(=O)N(c1cnc2ccccc2c1)[C@H](C(=O)NCc1ccco1)c1ccccc1. The quantitative estimate of drug-likeness (QED) is 0.372. The average Bonchev–Trinajstić information content (AvgIpc) is 3.65. The third-order valence-corrected chi connectivity index (χ3v) is 6.60. The lowest BCUT2D eigenvalue weighted by molar-refractivity contribution is -0.139. The lowest BCUT2D eigenvalue weighted by Gasteiger charge is -2.31. The van der Waals surface area contributed by atoms with Gasteiger partial charge >= 0.3 is 11.8 Å². The highest BCUT2D eigenvalue weighted by Gasteiger charge is 2.37.